The highest BCUT2D eigenvalue weighted by atomic mass is 15.1. The van der Waals surface area contributed by atoms with Crippen molar-refractivity contribution in [3.8, 4) is 6.07 Å². The molecule has 3 unspecified atom stereocenters. The van der Waals surface area contributed by atoms with Gasteiger partial charge in [-0.1, -0.05) is 26.2 Å². The van der Waals surface area contributed by atoms with E-state index in [1.54, 1.807) is 0 Å². The van der Waals surface area contributed by atoms with Crippen LogP contribution in [0.25, 0.3) is 0 Å². The summed E-state index contributed by atoms with van der Waals surface area (Å²) in [6, 6.07) is 3.07. The summed E-state index contributed by atoms with van der Waals surface area (Å²) in [7, 11) is 2.25. The fourth-order valence-electron chi connectivity index (χ4n) is 3.90. The van der Waals surface area contributed by atoms with Gasteiger partial charge in [-0.05, 0) is 51.0 Å². The monoisotopic (exact) mass is 248 g/mol. The third-order valence-electron chi connectivity index (χ3n) is 5.08. The van der Waals surface area contributed by atoms with E-state index in [0.717, 1.165) is 18.3 Å². The SMILES string of the molecule is CC1CCC(C#N)C(N(C)CC2CCCCC2)C1. The molecule has 18 heavy (non-hydrogen) atoms. The molecule has 0 aromatic carbocycles. The van der Waals surface area contributed by atoms with E-state index >= 15 is 0 Å². The molecule has 2 nitrogen and oxygen atoms in total. The van der Waals surface area contributed by atoms with Crippen molar-refractivity contribution in [3.05, 3.63) is 0 Å². The maximum Gasteiger partial charge on any atom is 0.0672 e. The molecule has 0 radical (unpaired) electrons. The Hall–Kier alpha value is -0.550. The molecule has 0 heterocycles. The summed E-state index contributed by atoms with van der Waals surface area (Å²) in [6.45, 7) is 3.56. The number of rotatable bonds is 3. The standard InChI is InChI=1S/C16H28N2/c1-13-8-9-15(11-17)16(10-13)18(2)12-14-6-4-3-5-7-14/h13-16H,3-10,12H2,1-2H3. The van der Waals surface area contributed by atoms with E-state index in [1.807, 2.05) is 0 Å². The van der Waals surface area contributed by atoms with Crippen LogP contribution in [0.1, 0.15) is 58.3 Å². The van der Waals surface area contributed by atoms with Gasteiger partial charge in [0.25, 0.3) is 0 Å². The molecular formula is C16H28N2. The van der Waals surface area contributed by atoms with Gasteiger partial charge in [-0.15, -0.1) is 0 Å². The Morgan fingerprint density at radius 1 is 1.11 bits per heavy atom. The maximum atomic E-state index is 9.33. The number of nitrogens with zero attached hydrogens (tertiary/aromatic N) is 2. The largest absolute Gasteiger partial charge is 0.302 e. The van der Waals surface area contributed by atoms with Gasteiger partial charge in [-0.3, -0.25) is 0 Å². The normalized spacial score (nSPS) is 34.4. The molecule has 0 aliphatic heterocycles. The Bertz CT molecular complexity index is 288. The molecule has 2 aliphatic rings. The molecular weight excluding hydrogens is 220 g/mol. The lowest BCUT2D eigenvalue weighted by Crippen LogP contribution is -2.43. The fraction of sp³-hybridized carbons (Fsp3) is 0.938. The minimum atomic E-state index is 0.273. The van der Waals surface area contributed by atoms with Gasteiger partial charge in [0.15, 0.2) is 0 Å². The van der Waals surface area contributed by atoms with Crippen molar-refractivity contribution < 1.29 is 0 Å². The van der Waals surface area contributed by atoms with Crippen molar-refractivity contribution in [2.45, 2.75) is 64.3 Å². The molecule has 2 aliphatic carbocycles. The van der Waals surface area contributed by atoms with Crippen molar-refractivity contribution in [3.63, 3.8) is 0 Å². The molecule has 2 heteroatoms. The number of hydrogen-bond acceptors (Lipinski definition) is 2. The highest BCUT2D eigenvalue weighted by Gasteiger charge is 2.32. The molecule has 0 spiro atoms. The molecule has 0 bridgehead atoms. The van der Waals surface area contributed by atoms with Gasteiger partial charge in [0, 0.05) is 12.6 Å². The van der Waals surface area contributed by atoms with Crippen LogP contribution in [0.5, 0.6) is 0 Å². The van der Waals surface area contributed by atoms with Gasteiger partial charge in [0.2, 0.25) is 0 Å². The second kappa shape index (κ2) is 6.57. The first-order valence-corrected chi connectivity index (χ1v) is 7.80. The average Bonchev–Trinajstić information content (AvgIpc) is 2.40. The van der Waals surface area contributed by atoms with Crippen LogP contribution in [0.4, 0.5) is 0 Å². The van der Waals surface area contributed by atoms with Crippen molar-refractivity contribution >= 4 is 0 Å². The third-order valence-corrected chi connectivity index (χ3v) is 5.08. The van der Waals surface area contributed by atoms with E-state index in [9.17, 15) is 5.26 Å². The lowest BCUT2D eigenvalue weighted by atomic mass is 9.78. The molecule has 0 saturated heterocycles. The summed E-state index contributed by atoms with van der Waals surface area (Å²) < 4.78 is 0. The second-order valence-corrected chi connectivity index (χ2v) is 6.66. The van der Waals surface area contributed by atoms with Crippen LogP contribution in [0.2, 0.25) is 0 Å². The van der Waals surface area contributed by atoms with Gasteiger partial charge in [-0.2, -0.15) is 5.26 Å². The Balaban J connectivity index is 1.89. The first-order valence-electron chi connectivity index (χ1n) is 7.80. The van der Waals surface area contributed by atoms with Gasteiger partial charge >= 0.3 is 0 Å². The first kappa shape index (κ1) is 13.9. The van der Waals surface area contributed by atoms with Gasteiger partial charge in [0.1, 0.15) is 0 Å². The zero-order chi connectivity index (χ0) is 13.0. The molecule has 3 atom stereocenters. The maximum absolute atomic E-state index is 9.33. The van der Waals surface area contributed by atoms with Gasteiger partial charge in [-0.25, -0.2) is 0 Å². The predicted molar refractivity (Wildman–Crippen MR) is 75.1 cm³/mol. The van der Waals surface area contributed by atoms with Crippen LogP contribution in [-0.2, 0) is 0 Å². The van der Waals surface area contributed by atoms with Crippen LogP contribution in [0.3, 0.4) is 0 Å². The van der Waals surface area contributed by atoms with E-state index in [0.29, 0.717) is 6.04 Å². The van der Waals surface area contributed by atoms with Crippen molar-refractivity contribution in [1.29, 1.82) is 5.26 Å². The second-order valence-electron chi connectivity index (χ2n) is 6.66. The molecule has 2 rings (SSSR count). The summed E-state index contributed by atoms with van der Waals surface area (Å²) in [5.74, 6) is 1.96. The summed E-state index contributed by atoms with van der Waals surface area (Å²) in [4.78, 5) is 2.51. The van der Waals surface area contributed by atoms with Crippen molar-refractivity contribution in [1.82, 2.24) is 4.90 Å². The Labute approximate surface area is 112 Å². The lowest BCUT2D eigenvalue weighted by molar-refractivity contribution is 0.106. The Morgan fingerprint density at radius 3 is 2.50 bits per heavy atom. The molecule has 0 aromatic heterocycles. The molecule has 102 valence electrons. The third kappa shape index (κ3) is 3.48. The van der Waals surface area contributed by atoms with Gasteiger partial charge < -0.3 is 4.90 Å². The van der Waals surface area contributed by atoms with E-state index in [2.05, 4.69) is 24.9 Å². The average molecular weight is 248 g/mol. The highest BCUT2D eigenvalue weighted by Crippen LogP contribution is 2.33. The molecule has 0 aromatic rings. The van der Waals surface area contributed by atoms with Crippen molar-refractivity contribution in [2.24, 2.45) is 17.8 Å². The first-order chi connectivity index (χ1) is 8.70. The zero-order valence-corrected chi connectivity index (χ0v) is 12.1. The van der Waals surface area contributed by atoms with Crippen LogP contribution in [0.15, 0.2) is 0 Å². The Morgan fingerprint density at radius 2 is 1.83 bits per heavy atom. The van der Waals surface area contributed by atoms with Crippen LogP contribution >= 0.6 is 0 Å². The summed E-state index contributed by atoms with van der Waals surface area (Å²) in [5, 5.41) is 9.33. The fourth-order valence-corrected chi connectivity index (χ4v) is 3.90. The molecule has 0 N–H and O–H groups in total. The summed E-state index contributed by atoms with van der Waals surface area (Å²) >= 11 is 0. The topological polar surface area (TPSA) is 27.0 Å². The predicted octanol–water partition coefficient (Wildman–Crippen LogP) is 3.83. The summed E-state index contributed by atoms with van der Waals surface area (Å²) in [5.41, 5.74) is 0. The van der Waals surface area contributed by atoms with Crippen LogP contribution < -0.4 is 0 Å². The van der Waals surface area contributed by atoms with E-state index in [1.165, 1.54) is 51.5 Å². The van der Waals surface area contributed by atoms with Crippen LogP contribution in [0, 0.1) is 29.1 Å². The molecule has 2 saturated carbocycles. The molecule has 2 fully saturated rings. The van der Waals surface area contributed by atoms with E-state index < -0.39 is 0 Å². The number of hydrogen-bond donors (Lipinski definition) is 0. The minimum absolute atomic E-state index is 0.273. The summed E-state index contributed by atoms with van der Waals surface area (Å²) in [6.07, 6.45) is 10.7. The van der Waals surface area contributed by atoms with Crippen LogP contribution in [-0.4, -0.2) is 24.5 Å². The van der Waals surface area contributed by atoms with Crippen molar-refractivity contribution in [2.75, 3.05) is 13.6 Å². The zero-order valence-electron chi connectivity index (χ0n) is 12.1. The quantitative estimate of drug-likeness (QED) is 0.759. The smallest absolute Gasteiger partial charge is 0.0672 e. The number of nitriles is 1. The molecule has 0 amide bonds. The highest BCUT2D eigenvalue weighted by molar-refractivity contribution is 4.96. The Kier molecular flexibility index (Phi) is 5.06. The van der Waals surface area contributed by atoms with E-state index in [4.69, 9.17) is 0 Å². The van der Waals surface area contributed by atoms with E-state index in [-0.39, 0.29) is 5.92 Å². The van der Waals surface area contributed by atoms with Gasteiger partial charge in [0.05, 0.1) is 12.0 Å². The minimum Gasteiger partial charge on any atom is -0.302 e. The lowest BCUT2D eigenvalue weighted by Gasteiger charge is -2.39.